The summed E-state index contributed by atoms with van der Waals surface area (Å²) < 4.78 is 0.982. The van der Waals surface area contributed by atoms with E-state index >= 15 is 0 Å². The number of rotatable bonds is 0. The first kappa shape index (κ1) is 9.50. The van der Waals surface area contributed by atoms with Crippen molar-refractivity contribution in [3.05, 3.63) is 28.7 Å². The van der Waals surface area contributed by atoms with Crippen LogP contribution in [-0.2, 0) is 0 Å². The Morgan fingerprint density at radius 2 is 1.67 bits per heavy atom. The molecule has 1 aromatic rings. The molecule has 0 bridgehead atoms. The first-order valence-electron chi connectivity index (χ1n) is 2.23. The molecule has 1 rings (SSSR count). The van der Waals surface area contributed by atoms with Gasteiger partial charge in [0.05, 0.1) is 0 Å². The van der Waals surface area contributed by atoms with Crippen LogP contribution < -0.4 is 29.6 Å². The minimum absolute atomic E-state index is 0. The minimum Gasteiger partial charge on any atom is -1.00 e. The van der Waals surface area contributed by atoms with E-state index in [9.17, 15) is 0 Å². The topological polar surface area (TPSA) is 20.2 Å². The number of halogens is 1. The van der Waals surface area contributed by atoms with Crippen LogP contribution in [0.3, 0.4) is 0 Å². The molecule has 1 N–H and O–H groups in total. The second-order valence-corrected chi connectivity index (χ2v) is 2.39. The maximum atomic E-state index is 8.74. The van der Waals surface area contributed by atoms with Gasteiger partial charge in [-0.25, -0.2) is 0 Å². The summed E-state index contributed by atoms with van der Waals surface area (Å²) in [4.78, 5) is 0. The number of hydrogen-bond acceptors (Lipinski definition) is 1. The summed E-state index contributed by atoms with van der Waals surface area (Å²) in [6, 6.07) is 6.83. The Hall–Kier alpha value is 0.500. The Morgan fingerprint density at radius 1 is 1.22 bits per heavy atom. The van der Waals surface area contributed by atoms with E-state index in [1.165, 1.54) is 0 Å². The van der Waals surface area contributed by atoms with Gasteiger partial charge in [0.2, 0.25) is 0 Å². The molecule has 0 heterocycles. The third-order valence-corrected chi connectivity index (χ3v) is 1.36. The van der Waals surface area contributed by atoms with E-state index in [1.807, 2.05) is 0 Å². The molecule has 3 heteroatoms. The van der Waals surface area contributed by atoms with Crippen molar-refractivity contribution in [2.45, 2.75) is 0 Å². The Labute approximate surface area is 86.0 Å². The van der Waals surface area contributed by atoms with Gasteiger partial charge >= 0.3 is 29.6 Å². The molecule has 0 aliphatic carbocycles. The second kappa shape index (κ2) is 4.34. The Bertz CT molecular complexity index is 157. The van der Waals surface area contributed by atoms with E-state index in [2.05, 4.69) is 15.9 Å². The predicted molar refractivity (Wildman–Crippen MR) is 36.9 cm³/mol. The van der Waals surface area contributed by atoms with E-state index in [-0.39, 0.29) is 31.0 Å². The third-order valence-electron chi connectivity index (χ3n) is 0.827. The fourth-order valence-electron chi connectivity index (χ4n) is 0.441. The smallest absolute Gasteiger partial charge is 1.00 e. The van der Waals surface area contributed by atoms with Gasteiger partial charge in [-0.3, -0.25) is 0 Å². The number of phenolic OH excluding ortho intramolecular Hbond substituents is 1. The molecular weight excluding hydrogens is 191 g/mol. The zero-order chi connectivity index (χ0) is 5.98. The fourth-order valence-corrected chi connectivity index (χ4v) is 0.705. The van der Waals surface area contributed by atoms with Crippen molar-refractivity contribution in [3.8, 4) is 5.75 Å². The summed E-state index contributed by atoms with van der Waals surface area (Å²) in [5, 5.41) is 8.74. The monoisotopic (exact) mass is 196 g/mol. The zero-order valence-corrected chi connectivity index (χ0v) is 8.72. The van der Waals surface area contributed by atoms with Crippen LogP contribution in [0.1, 0.15) is 1.43 Å². The molecule has 1 aromatic carbocycles. The first-order chi connectivity index (χ1) is 3.79. The zero-order valence-electron chi connectivity index (χ0n) is 6.13. The van der Waals surface area contributed by atoms with Gasteiger partial charge in [0.1, 0.15) is 5.75 Å². The van der Waals surface area contributed by atoms with E-state index in [0.29, 0.717) is 5.75 Å². The van der Waals surface area contributed by atoms with Crippen molar-refractivity contribution in [1.82, 2.24) is 0 Å². The van der Waals surface area contributed by atoms with Crippen LogP contribution >= 0.6 is 15.9 Å². The largest absolute Gasteiger partial charge is 1.00 e. The standard InChI is InChI=1S/C6H5BrO.Na.H/c7-5-1-3-6(8)4-2-5;;/h1-4,8H;;/q;+1;-1. The van der Waals surface area contributed by atoms with E-state index in [1.54, 1.807) is 24.3 Å². The molecule has 1 nitrogen and oxygen atoms in total. The molecule has 0 unspecified atom stereocenters. The van der Waals surface area contributed by atoms with Gasteiger partial charge in [0.15, 0.2) is 0 Å². The van der Waals surface area contributed by atoms with Crippen LogP contribution in [0.4, 0.5) is 0 Å². The average molecular weight is 197 g/mol. The first-order valence-corrected chi connectivity index (χ1v) is 3.03. The molecule has 0 fully saturated rings. The van der Waals surface area contributed by atoms with Gasteiger partial charge in [-0.2, -0.15) is 0 Å². The SMILES string of the molecule is Oc1ccc(Br)cc1.[H-].[Na+]. The van der Waals surface area contributed by atoms with Crippen molar-refractivity contribution in [1.29, 1.82) is 0 Å². The number of aromatic hydroxyl groups is 1. The Balaban J connectivity index is 0. The number of hydrogen-bond donors (Lipinski definition) is 1. The molecule has 0 radical (unpaired) electrons. The van der Waals surface area contributed by atoms with Gasteiger partial charge in [0.25, 0.3) is 0 Å². The van der Waals surface area contributed by atoms with E-state index in [0.717, 1.165) is 4.47 Å². The van der Waals surface area contributed by atoms with Crippen LogP contribution in [0.15, 0.2) is 28.7 Å². The molecule has 0 aliphatic heterocycles. The molecule has 0 amide bonds. The van der Waals surface area contributed by atoms with Gasteiger partial charge in [-0.15, -0.1) is 0 Å². The van der Waals surface area contributed by atoms with Crippen LogP contribution in [0, 0.1) is 0 Å². The summed E-state index contributed by atoms with van der Waals surface area (Å²) in [6.45, 7) is 0. The number of phenols is 1. The summed E-state index contributed by atoms with van der Waals surface area (Å²) in [5.41, 5.74) is 0. The fraction of sp³-hybridized carbons (Fsp3) is 0. The maximum Gasteiger partial charge on any atom is 1.00 e. The van der Waals surface area contributed by atoms with Gasteiger partial charge in [-0.1, -0.05) is 15.9 Å². The van der Waals surface area contributed by atoms with Crippen LogP contribution in [0.25, 0.3) is 0 Å². The van der Waals surface area contributed by atoms with Crippen molar-refractivity contribution < 1.29 is 36.1 Å². The summed E-state index contributed by atoms with van der Waals surface area (Å²) in [6.07, 6.45) is 0. The molecule has 9 heavy (non-hydrogen) atoms. The molecule has 0 aromatic heterocycles. The van der Waals surface area contributed by atoms with Gasteiger partial charge in [0, 0.05) is 4.47 Å². The molecule has 0 saturated carbocycles. The van der Waals surface area contributed by atoms with Crippen LogP contribution in [0.2, 0.25) is 0 Å². The van der Waals surface area contributed by atoms with Crippen molar-refractivity contribution in [3.63, 3.8) is 0 Å². The normalized spacial score (nSPS) is 8.11. The predicted octanol–water partition coefficient (Wildman–Crippen LogP) is -0.729. The summed E-state index contributed by atoms with van der Waals surface area (Å²) in [7, 11) is 0. The van der Waals surface area contributed by atoms with Crippen molar-refractivity contribution in [2.24, 2.45) is 0 Å². The summed E-state index contributed by atoms with van der Waals surface area (Å²) >= 11 is 3.23. The van der Waals surface area contributed by atoms with Crippen molar-refractivity contribution in [2.75, 3.05) is 0 Å². The minimum atomic E-state index is 0. The molecule has 44 valence electrons. The molecule has 0 aliphatic rings. The van der Waals surface area contributed by atoms with Gasteiger partial charge in [-0.05, 0) is 24.3 Å². The molecule has 0 spiro atoms. The van der Waals surface area contributed by atoms with E-state index in [4.69, 9.17) is 5.11 Å². The quantitative estimate of drug-likeness (QED) is 0.543. The van der Waals surface area contributed by atoms with Crippen molar-refractivity contribution >= 4 is 15.9 Å². The maximum absolute atomic E-state index is 8.74. The van der Waals surface area contributed by atoms with Crippen LogP contribution in [0.5, 0.6) is 5.75 Å². The number of benzene rings is 1. The second-order valence-electron chi connectivity index (χ2n) is 1.48. The molecule has 0 saturated heterocycles. The molecule has 0 atom stereocenters. The molecular formula is C6H6BrNaO. The van der Waals surface area contributed by atoms with E-state index < -0.39 is 0 Å². The third kappa shape index (κ3) is 3.26. The summed E-state index contributed by atoms with van der Waals surface area (Å²) in [5.74, 6) is 0.299. The van der Waals surface area contributed by atoms with Gasteiger partial charge < -0.3 is 6.53 Å². The van der Waals surface area contributed by atoms with Crippen LogP contribution in [-0.4, -0.2) is 5.11 Å². The Morgan fingerprint density at radius 3 is 2.00 bits per heavy atom. The Kier molecular flexibility index (Phi) is 4.58. The average Bonchev–Trinajstić information content (AvgIpc) is 1.77.